The summed E-state index contributed by atoms with van der Waals surface area (Å²) < 4.78 is 8.95. The van der Waals surface area contributed by atoms with E-state index in [1.807, 2.05) is 16.8 Å². The van der Waals surface area contributed by atoms with E-state index in [0.717, 1.165) is 24.2 Å². The maximum absolute atomic E-state index is 12.5. The first-order chi connectivity index (χ1) is 14.5. The van der Waals surface area contributed by atoms with Gasteiger partial charge in [-0.15, -0.1) is 0 Å². The zero-order chi connectivity index (χ0) is 21.0. The van der Waals surface area contributed by atoms with Crippen LogP contribution < -0.4 is 10.9 Å². The summed E-state index contributed by atoms with van der Waals surface area (Å²) >= 11 is 0. The zero-order valence-corrected chi connectivity index (χ0v) is 15.8. The van der Waals surface area contributed by atoms with Gasteiger partial charge >= 0.3 is 0 Å². The highest BCUT2D eigenvalue weighted by Crippen LogP contribution is 2.33. The normalized spacial score (nSPS) is 28.3. The van der Waals surface area contributed by atoms with Crippen molar-refractivity contribution in [2.75, 3.05) is 11.9 Å². The third-order valence-electron chi connectivity index (χ3n) is 5.79. The Kier molecular flexibility index (Phi) is 4.60. The minimum Gasteiger partial charge on any atom is -0.394 e. The highest BCUT2D eigenvalue weighted by atomic mass is 16.6. The zero-order valence-electron chi connectivity index (χ0n) is 15.8. The molecule has 160 valence electrons. The van der Waals surface area contributed by atoms with Crippen LogP contribution in [0, 0.1) is 0 Å². The topological polar surface area (TPSA) is 171 Å². The molecule has 5 atom stereocenters. The Morgan fingerprint density at radius 3 is 2.87 bits per heavy atom. The van der Waals surface area contributed by atoms with E-state index in [0.29, 0.717) is 0 Å². The van der Waals surface area contributed by atoms with Crippen LogP contribution in [0.3, 0.4) is 0 Å². The van der Waals surface area contributed by atoms with E-state index in [-0.39, 0.29) is 29.8 Å². The summed E-state index contributed by atoms with van der Waals surface area (Å²) in [5, 5.41) is 42.4. The second-order valence-corrected chi connectivity index (χ2v) is 7.53. The summed E-state index contributed by atoms with van der Waals surface area (Å²) in [5.41, 5.74) is 1.52. The van der Waals surface area contributed by atoms with Crippen molar-refractivity contribution in [2.45, 2.75) is 50.2 Å². The molecule has 5 rings (SSSR count). The first-order valence-electron chi connectivity index (χ1n) is 9.66. The molecular formula is C18H22N6O6. The molecule has 0 unspecified atom stereocenters. The Hall–Kier alpha value is -2.77. The second kappa shape index (κ2) is 7.18. The van der Waals surface area contributed by atoms with Gasteiger partial charge in [-0.25, -0.2) is 4.98 Å². The number of imidazole rings is 1. The molecule has 6 N–H and O–H groups in total. The molecule has 0 spiro atoms. The summed E-state index contributed by atoms with van der Waals surface area (Å²) in [6.07, 6.45) is -0.610. The molecule has 3 aromatic heterocycles. The maximum Gasteiger partial charge on any atom is 0.280 e. The summed E-state index contributed by atoms with van der Waals surface area (Å²) in [5.74, 6) is 0.213. The molecule has 30 heavy (non-hydrogen) atoms. The van der Waals surface area contributed by atoms with Crippen molar-refractivity contribution in [3.63, 3.8) is 0 Å². The molecule has 2 aliphatic rings. The highest BCUT2D eigenvalue weighted by Gasteiger charge is 2.44. The Morgan fingerprint density at radius 2 is 2.13 bits per heavy atom. The van der Waals surface area contributed by atoms with E-state index in [9.17, 15) is 25.2 Å². The molecule has 0 aromatic carbocycles. The van der Waals surface area contributed by atoms with E-state index in [2.05, 4.69) is 20.3 Å². The van der Waals surface area contributed by atoms with Crippen LogP contribution in [0.15, 0.2) is 23.4 Å². The fraction of sp³-hybridized carbons (Fsp3) is 0.500. The van der Waals surface area contributed by atoms with Crippen LogP contribution in [0.25, 0.3) is 11.2 Å². The summed E-state index contributed by atoms with van der Waals surface area (Å²) in [6, 6.07) is 1.72. The van der Waals surface area contributed by atoms with Gasteiger partial charge in [0.2, 0.25) is 5.95 Å². The molecule has 1 saturated heterocycles. The van der Waals surface area contributed by atoms with Crippen molar-refractivity contribution in [3.8, 4) is 0 Å². The summed E-state index contributed by atoms with van der Waals surface area (Å²) in [7, 11) is 0. The van der Waals surface area contributed by atoms with Gasteiger partial charge in [-0.3, -0.25) is 14.3 Å². The SMILES string of the molecule is O=c1[nH]c(N[C@H]2CCn3ccc(CO)c32)nc2c1ncn2[C@@H]1O[C@H](CO)[C@@H](O)[C@H]1O. The summed E-state index contributed by atoms with van der Waals surface area (Å²) in [4.78, 5) is 23.7. The molecule has 5 heterocycles. The number of aromatic amines is 1. The molecule has 0 aliphatic carbocycles. The lowest BCUT2D eigenvalue weighted by Gasteiger charge is -2.17. The third kappa shape index (κ3) is 2.84. The summed E-state index contributed by atoms with van der Waals surface area (Å²) in [6.45, 7) is 0.234. The number of aliphatic hydroxyl groups excluding tert-OH is 4. The van der Waals surface area contributed by atoms with Gasteiger partial charge in [0.1, 0.15) is 18.3 Å². The molecule has 0 amide bonds. The third-order valence-corrected chi connectivity index (χ3v) is 5.79. The van der Waals surface area contributed by atoms with Crippen molar-refractivity contribution in [2.24, 2.45) is 0 Å². The molecule has 3 aromatic rings. The van der Waals surface area contributed by atoms with E-state index < -0.39 is 36.7 Å². The molecular weight excluding hydrogens is 396 g/mol. The maximum atomic E-state index is 12.5. The van der Waals surface area contributed by atoms with Gasteiger partial charge in [-0.1, -0.05) is 0 Å². The lowest BCUT2D eigenvalue weighted by Crippen LogP contribution is -2.33. The Labute approximate surface area is 169 Å². The number of anilines is 1. The second-order valence-electron chi connectivity index (χ2n) is 7.53. The molecule has 0 saturated carbocycles. The Morgan fingerprint density at radius 1 is 1.30 bits per heavy atom. The number of hydrogen-bond acceptors (Lipinski definition) is 9. The van der Waals surface area contributed by atoms with E-state index in [4.69, 9.17) is 4.74 Å². The smallest absolute Gasteiger partial charge is 0.280 e. The predicted octanol–water partition coefficient (Wildman–Crippen LogP) is -1.42. The first-order valence-corrected chi connectivity index (χ1v) is 9.66. The van der Waals surface area contributed by atoms with Crippen LogP contribution >= 0.6 is 0 Å². The van der Waals surface area contributed by atoms with Crippen LogP contribution in [-0.2, 0) is 17.9 Å². The number of nitrogens with zero attached hydrogens (tertiary/aromatic N) is 4. The standard InChI is InChI=1S/C18H22N6O6/c25-5-8-1-3-23-4-2-9(12(8)23)20-18-21-15-11(16(29)22-18)19-7-24(15)17-14(28)13(27)10(6-26)30-17/h1,3,7,9-10,13-14,17,25-28H,2,4-6H2,(H2,20,21,22,29)/t9-,10+,13+,14+,17+/m0/s1. The highest BCUT2D eigenvalue weighted by molar-refractivity contribution is 5.71. The predicted molar refractivity (Wildman–Crippen MR) is 102 cm³/mol. The lowest BCUT2D eigenvalue weighted by atomic mass is 10.1. The van der Waals surface area contributed by atoms with Gasteiger partial charge < -0.3 is 35.0 Å². The fourth-order valence-electron chi connectivity index (χ4n) is 4.28. The van der Waals surface area contributed by atoms with Crippen LogP contribution in [0.4, 0.5) is 5.95 Å². The number of aliphatic hydroxyl groups is 4. The number of rotatable bonds is 5. The van der Waals surface area contributed by atoms with Gasteiger partial charge in [0, 0.05) is 24.0 Å². The Balaban J connectivity index is 1.50. The molecule has 12 heteroatoms. The quantitative estimate of drug-likeness (QED) is 0.291. The molecule has 12 nitrogen and oxygen atoms in total. The van der Waals surface area contributed by atoms with Gasteiger partial charge in [0.05, 0.1) is 25.6 Å². The van der Waals surface area contributed by atoms with Gasteiger partial charge in [0.15, 0.2) is 17.4 Å². The van der Waals surface area contributed by atoms with Crippen LogP contribution in [-0.4, -0.2) is 69.4 Å². The van der Waals surface area contributed by atoms with Crippen molar-refractivity contribution in [1.29, 1.82) is 0 Å². The van der Waals surface area contributed by atoms with Crippen molar-refractivity contribution in [1.82, 2.24) is 24.1 Å². The molecule has 0 radical (unpaired) electrons. The molecule has 1 fully saturated rings. The van der Waals surface area contributed by atoms with Gasteiger partial charge in [0.25, 0.3) is 5.56 Å². The minimum atomic E-state index is -1.32. The van der Waals surface area contributed by atoms with Crippen molar-refractivity contribution >= 4 is 17.1 Å². The number of ether oxygens (including phenoxy) is 1. The van der Waals surface area contributed by atoms with E-state index >= 15 is 0 Å². The average Bonchev–Trinajstić information content (AvgIpc) is 3.48. The van der Waals surface area contributed by atoms with E-state index in [1.165, 1.54) is 10.9 Å². The molecule has 0 bridgehead atoms. The lowest BCUT2D eigenvalue weighted by molar-refractivity contribution is -0.0511. The number of aromatic nitrogens is 5. The number of fused-ring (bicyclic) bond motifs is 2. The van der Waals surface area contributed by atoms with Gasteiger partial charge in [-0.05, 0) is 12.5 Å². The van der Waals surface area contributed by atoms with Crippen molar-refractivity contribution < 1.29 is 25.2 Å². The van der Waals surface area contributed by atoms with Crippen LogP contribution in [0.2, 0.25) is 0 Å². The molecule has 2 aliphatic heterocycles. The Bertz CT molecular complexity index is 1140. The van der Waals surface area contributed by atoms with Crippen LogP contribution in [0.5, 0.6) is 0 Å². The largest absolute Gasteiger partial charge is 0.394 e. The average molecular weight is 418 g/mol. The number of hydrogen-bond donors (Lipinski definition) is 6. The van der Waals surface area contributed by atoms with Crippen LogP contribution in [0.1, 0.15) is 29.9 Å². The van der Waals surface area contributed by atoms with Crippen molar-refractivity contribution in [3.05, 3.63) is 40.2 Å². The fourth-order valence-corrected chi connectivity index (χ4v) is 4.28. The monoisotopic (exact) mass is 418 g/mol. The number of aryl methyl sites for hydroxylation is 1. The minimum absolute atomic E-state index is 0.0594. The number of H-pyrrole nitrogens is 1. The van der Waals surface area contributed by atoms with E-state index in [1.54, 1.807) is 0 Å². The van der Waals surface area contributed by atoms with Gasteiger partial charge in [-0.2, -0.15) is 4.98 Å². The first kappa shape index (κ1) is 19.2. The number of nitrogens with one attached hydrogen (secondary N) is 2.